The lowest BCUT2D eigenvalue weighted by Crippen LogP contribution is -2.46. The lowest BCUT2D eigenvalue weighted by atomic mass is 10.1. The first-order chi connectivity index (χ1) is 8.53. The van der Waals surface area contributed by atoms with Crippen molar-refractivity contribution in [2.45, 2.75) is 58.0 Å². The van der Waals surface area contributed by atoms with Crippen molar-refractivity contribution in [2.75, 3.05) is 0 Å². The normalized spacial score (nSPS) is 13.2. The van der Waals surface area contributed by atoms with Crippen molar-refractivity contribution in [1.29, 1.82) is 0 Å². The Hall–Kier alpha value is -1.70. The van der Waals surface area contributed by atoms with E-state index in [0.29, 0.717) is 12.8 Å². The molecule has 102 valence electrons. The molecule has 0 aliphatic rings. The van der Waals surface area contributed by atoms with Gasteiger partial charge in [-0.2, -0.15) is 0 Å². The molecule has 2 amide bonds. The van der Waals surface area contributed by atoms with Crippen molar-refractivity contribution in [2.24, 2.45) is 0 Å². The molecular formula is C13H22N2O3. The van der Waals surface area contributed by atoms with Crippen LogP contribution in [0.3, 0.4) is 0 Å². The Morgan fingerprint density at radius 3 is 2.28 bits per heavy atom. The van der Waals surface area contributed by atoms with Gasteiger partial charge in [0, 0.05) is 6.04 Å². The van der Waals surface area contributed by atoms with Gasteiger partial charge in [-0.1, -0.05) is 32.6 Å². The van der Waals surface area contributed by atoms with Crippen LogP contribution < -0.4 is 10.6 Å². The maximum atomic E-state index is 11.6. The first kappa shape index (κ1) is 16.3. The summed E-state index contributed by atoms with van der Waals surface area (Å²) >= 11 is 0. The zero-order chi connectivity index (χ0) is 14.0. The fraction of sp³-hybridized carbons (Fsp3) is 0.692. The van der Waals surface area contributed by atoms with Crippen LogP contribution in [0, 0.1) is 12.3 Å². The third kappa shape index (κ3) is 7.55. The van der Waals surface area contributed by atoms with Crippen molar-refractivity contribution < 1.29 is 14.7 Å². The number of carbonyl (C=O) groups is 2. The van der Waals surface area contributed by atoms with Gasteiger partial charge in [-0.25, -0.2) is 4.79 Å². The molecular weight excluding hydrogens is 232 g/mol. The predicted octanol–water partition coefficient (Wildman–Crippen LogP) is 1.73. The van der Waals surface area contributed by atoms with Gasteiger partial charge in [0.05, 0.1) is 12.5 Å². The van der Waals surface area contributed by atoms with Gasteiger partial charge in [0.2, 0.25) is 0 Å². The second-order valence-corrected chi connectivity index (χ2v) is 4.21. The third-order valence-corrected chi connectivity index (χ3v) is 2.48. The van der Waals surface area contributed by atoms with Gasteiger partial charge in [0.25, 0.3) is 0 Å². The van der Waals surface area contributed by atoms with E-state index in [4.69, 9.17) is 11.5 Å². The molecule has 0 heterocycles. The second kappa shape index (κ2) is 9.34. The number of amides is 2. The number of carboxylic acids is 1. The molecule has 0 fully saturated rings. The van der Waals surface area contributed by atoms with E-state index in [2.05, 4.69) is 16.6 Å². The van der Waals surface area contributed by atoms with Gasteiger partial charge in [-0.3, -0.25) is 4.79 Å². The van der Waals surface area contributed by atoms with Crippen molar-refractivity contribution >= 4 is 12.0 Å². The molecule has 0 rings (SSSR count). The highest BCUT2D eigenvalue weighted by molar-refractivity contribution is 5.76. The number of rotatable bonds is 8. The van der Waals surface area contributed by atoms with E-state index in [1.807, 2.05) is 13.8 Å². The first-order valence-electron chi connectivity index (χ1n) is 6.28. The van der Waals surface area contributed by atoms with E-state index in [1.54, 1.807) is 0 Å². The molecule has 0 aromatic carbocycles. The fourth-order valence-electron chi connectivity index (χ4n) is 1.66. The van der Waals surface area contributed by atoms with Crippen LogP contribution >= 0.6 is 0 Å². The van der Waals surface area contributed by atoms with E-state index in [1.165, 1.54) is 0 Å². The summed E-state index contributed by atoms with van der Waals surface area (Å²) in [6, 6.07) is -1.05. The average Bonchev–Trinajstić information content (AvgIpc) is 2.27. The molecule has 2 atom stereocenters. The number of urea groups is 1. The van der Waals surface area contributed by atoms with Crippen LogP contribution in [0.1, 0.15) is 46.0 Å². The highest BCUT2D eigenvalue weighted by Crippen LogP contribution is 2.02. The number of aliphatic carboxylic acids is 1. The smallest absolute Gasteiger partial charge is 0.315 e. The number of carboxylic acid groups (broad SMARTS) is 1. The minimum absolute atomic E-state index is 0.0737. The van der Waals surface area contributed by atoms with Crippen LogP contribution in [0.4, 0.5) is 4.79 Å². The number of nitrogens with one attached hydrogen (secondary N) is 2. The summed E-state index contributed by atoms with van der Waals surface area (Å²) in [5.74, 6) is 1.57. The largest absolute Gasteiger partial charge is 0.481 e. The van der Waals surface area contributed by atoms with Crippen LogP contribution in [0.5, 0.6) is 0 Å². The molecule has 0 saturated carbocycles. The van der Waals surface area contributed by atoms with E-state index in [-0.39, 0.29) is 18.5 Å². The molecule has 0 saturated heterocycles. The van der Waals surface area contributed by atoms with Gasteiger partial charge in [0.1, 0.15) is 0 Å². The van der Waals surface area contributed by atoms with Crippen LogP contribution in [0.15, 0.2) is 0 Å². The van der Waals surface area contributed by atoms with Crippen molar-refractivity contribution in [1.82, 2.24) is 10.6 Å². The zero-order valence-electron chi connectivity index (χ0n) is 11.0. The Morgan fingerprint density at radius 1 is 1.22 bits per heavy atom. The number of hydrogen-bond acceptors (Lipinski definition) is 2. The van der Waals surface area contributed by atoms with Crippen LogP contribution in [0.25, 0.3) is 0 Å². The maximum absolute atomic E-state index is 11.6. The molecule has 0 radical (unpaired) electrons. The summed E-state index contributed by atoms with van der Waals surface area (Å²) in [6.45, 7) is 3.92. The van der Waals surface area contributed by atoms with E-state index in [0.717, 1.165) is 12.8 Å². The summed E-state index contributed by atoms with van der Waals surface area (Å²) in [5.41, 5.74) is 0. The average molecular weight is 254 g/mol. The summed E-state index contributed by atoms with van der Waals surface area (Å²) < 4.78 is 0. The molecule has 18 heavy (non-hydrogen) atoms. The summed E-state index contributed by atoms with van der Waals surface area (Å²) in [7, 11) is 0. The Labute approximate surface area is 108 Å². The Bertz CT molecular complexity index is 310. The Morgan fingerprint density at radius 2 is 1.83 bits per heavy atom. The maximum Gasteiger partial charge on any atom is 0.315 e. The molecule has 0 aliphatic carbocycles. The van der Waals surface area contributed by atoms with E-state index < -0.39 is 12.0 Å². The minimum atomic E-state index is -0.921. The highest BCUT2D eigenvalue weighted by Gasteiger charge is 2.16. The number of hydrogen-bond donors (Lipinski definition) is 3. The zero-order valence-corrected chi connectivity index (χ0v) is 11.0. The highest BCUT2D eigenvalue weighted by atomic mass is 16.4. The molecule has 0 spiro atoms. The van der Waals surface area contributed by atoms with Gasteiger partial charge >= 0.3 is 12.0 Å². The van der Waals surface area contributed by atoms with Gasteiger partial charge in [-0.15, -0.1) is 6.42 Å². The third-order valence-electron chi connectivity index (χ3n) is 2.48. The minimum Gasteiger partial charge on any atom is -0.481 e. The van der Waals surface area contributed by atoms with E-state index in [9.17, 15) is 9.59 Å². The fourth-order valence-corrected chi connectivity index (χ4v) is 1.66. The molecule has 2 unspecified atom stereocenters. The SMILES string of the molecule is C#CC(CCC)NC(=O)NC(CCC)CC(=O)O. The topological polar surface area (TPSA) is 78.4 Å². The molecule has 3 N–H and O–H groups in total. The molecule has 0 aromatic heterocycles. The first-order valence-corrected chi connectivity index (χ1v) is 6.28. The van der Waals surface area contributed by atoms with Crippen LogP contribution in [0.2, 0.25) is 0 Å². The van der Waals surface area contributed by atoms with Gasteiger partial charge < -0.3 is 15.7 Å². The van der Waals surface area contributed by atoms with Crippen molar-refractivity contribution in [3.05, 3.63) is 0 Å². The predicted molar refractivity (Wildman–Crippen MR) is 70.1 cm³/mol. The monoisotopic (exact) mass is 254 g/mol. The molecule has 5 heteroatoms. The number of carbonyl (C=O) groups excluding carboxylic acids is 1. The molecule has 0 aromatic rings. The molecule has 5 nitrogen and oxygen atoms in total. The lowest BCUT2D eigenvalue weighted by Gasteiger charge is -2.18. The molecule has 0 aliphatic heterocycles. The van der Waals surface area contributed by atoms with Gasteiger partial charge in [0.15, 0.2) is 0 Å². The van der Waals surface area contributed by atoms with Crippen LogP contribution in [-0.2, 0) is 4.79 Å². The Balaban J connectivity index is 4.23. The summed E-state index contributed by atoms with van der Waals surface area (Å²) in [5, 5.41) is 14.0. The summed E-state index contributed by atoms with van der Waals surface area (Å²) in [4.78, 5) is 22.3. The second-order valence-electron chi connectivity index (χ2n) is 4.21. The van der Waals surface area contributed by atoms with Crippen molar-refractivity contribution in [3.8, 4) is 12.3 Å². The van der Waals surface area contributed by atoms with Gasteiger partial charge in [-0.05, 0) is 12.8 Å². The van der Waals surface area contributed by atoms with Crippen LogP contribution in [-0.4, -0.2) is 29.2 Å². The molecule has 0 bridgehead atoms. The standard InChI is InChI=1S/C13H22N2O3/c1-4-7-10(6-3)14-13(18)15-11(8-5-2)9-12(16)17/h3,10-11H,4-5,7-9H2,1-2H3,(H,16,17)(H2,14,15,18). The number of terminal acetylenes is 1. The van der Waals surface area contributed by atoms with E-state index >= 15 is 0 Å². The lowest BCUT2D eigenvalue weighted by molar-refractivity contribution is -0.137. The van der Waals surface area contributed by atoms with Crippen molar-refractivity contribution in [3.63, 3.8) is 0 Å². The Kier molecular flexibility index (Phi) is 8.46. The quantitative estimate of drug-likeness (QED) is 0.577. The summed E-state index contributed by atoms with van der Waals surface area (Å²) in [6.07, 6.45) is 8.25.